The van der Waals surface area contributed by atoms with E-state index in [0.29, 0.717) is 17.1 Å². The number of carbonyl (C=O) groups is 2. The van der Waals surface area contributed by atoms with Gasteiger partial charge in [-0.3, -0.25) is 9.59 Å². The van der Waals surface area contributed by atoms with Gasteiger partial charge in [-0.25, -0.2) is 5.43 Å². The summed E-state index contributed by atoms with van der Waals surface area (Å²) in [5.74, 6) is 0.927. The number of hydrogen-bond acceptors (Lipinski definition) is 5. The monoisotopic (exact) mass is 395 g/mol. The average Bonchev–Trinajstić information content (AvgIpc) is 2.79. The number of hydrogen-bond donors (Lipinski definition) is 1. The zero-order valence-electron chi connectivity index (χ0n) is 16.5. The standard InChI is InChI=1S/C22H25N3O4/c1-28-20-7-5-6-18(14-20)22(27)24-23-15-17-8-10-19(11-9-17)29-16-21(26)25-12-3-2-4-13-25/h5-11,14-15H,2-4,12-13,16H2,1H3,(H,24,27)/b23-15+. The zero-order valence-corrected chi connectivity index (χ0v) is 16.5. The molecule has 0 aromatic heterocycles. The third-order valence-corrected chi connectivity index (χ3v) is 4.66. The molecule has 1 fully saturated rings. The minimum Gasteiger partial charge on any atom is -0.497 e. The van der Waals surface area contributed by atoms with Gasteiger partial charge in [0.15, 0.2) is 6.61 Å². The molecule has 0 radical (unpaired) electrons. The second-order valence-electron chi connectivity index (χ2n) is 6.73. The Morgan fingerprint density at radius 3 is 2.55 bits per heavy atom. The molecule has 1 N–H and O–H groups in total. The number of benzene rings is 2. The Morgan fingerprint density at radius 2 is 1.83 bits per heavy atom. The van der Waals surface area contributed by atoms with E-state index in [1.165, 1.54) is 6.42 Å². The molecule has 0 spiro atoms. The Kier molecular flexibility index (Phi) is 7.22. The summed E-state index contributed by atoms with van der Waals surface area (Å²) in [6.07, 6.45) is 4.86. The number of rotatable bonds is 7. The molecule has 1 heterocycles. The molecule has 1 saturated heterocycles. The zero-order chi connectivity index (χ0) is 20.5. The van der Waals surface area contributed by atoms with Crippen molar-refractivity contribution < 1.29 is 19.1 Å². The van der Waals surface area contributed by atoms with Gasteiger partial charge in [0, 0.05) is 18.7 Å². The van der Waals surface area contributed by atoms with Crippen molar-refractivity contribution in [2.45, 2.75) is 19.3 Å². The van der Waals surface area contributed by atoms with E-state index >= 15 is 0 Å². The fraction of sp³-hybridized carbons (Fsp3) is 0.318. The Morgan fingerprint density at radius 1 is 1.07 bits per heavy atom. The molecule has 2 aromatic carbocycles. The number of methoxy groups -OCH3 is 1. The quantitative estimate of drug-likeness (QED) is 0.577. The summed E-state index contributed by atoms with van der Waals surface area (Å²) in [6.45, 7) is 1.68. The van der Waals surface area contributed by atoms with Crippen molar-refractivity contribution in [3.05, 3.63) is 59.7 Å². The lowest BCUT2D eigenvalue weighted by atomic mass is 10.1. The van der Waals surface area contributed by atoms with Gasteiger partial charge in [-0.05, 0) is 67.3 Å². The normalized spacial score (nSPS) is 13.9. The first kappa shape index (κ1) is 20.4. The number of nitrogens with one attached hydrogen (secondary N) is 1. The van der Waals surface area contributed by atoms with Crippen molar-refractivity contribution in [3.8, 4) is 11.5 Å². The highest BCUT2D eigenvalue weighted by Gasteiger charge is 2.16. The molecule has 2 aromatic rings. The van der Waals surface area contributed by atoms with Gasteiger partial charge < -0.3 is 14.4 Å². The van der Waals surface area contributed by atoms with E-state index in [1.54, 1.807) is 49.7 Å². The van der Waals surface area contributed by atoms with E-state index in [1.807, 2.05) is 17.0 Å². The highest BCUT2D eigenvalue weighted by Crippen LogP contribution is 2.14. The van der Waals surface area contributed by atoms with Crippen LogP contribution in [0.2, 0.25) is 0 Å². The predicted molar refractivity (Wildman–Crippen MR) is 110 cm³/mol. The summed E-state index contributed by atoms with van der Waals surface area (Å²) < 4.78 is 10.7. The van der Waals surface area contributed by atoms with E-state index in [2.05, 4.69) is 10.5 Å². The molecule has 0 bridgehead atoms. The highest BCUT2D eigenvalue weighted by atomic mass is 16.5. The molecule has 0 unspecified atom stereocenters. The minimum absolute atomic E-state index is 0.0237. The van der Waals surface area contributed by atoms with E-state index in [0.717, 1.165) is 31.5 Å². The van der Waals surface area contributed by atoms with Gasteiger partial charge in [-0.1, -0.05) is 6.07 Å². The lowest BCUT2D eigenvalue weighted by Gasteiger charge is -2.26. The summed E-state index contributed by atoms with van der Waals surface area (Å²) >= 11 is 0. The largest absolute Gasteiger partial charge is 0.497 e. The molecule has 3 rings (SSSR count). The molecular weight excluding hydrogens is 370 g/mol. The number of piperidine rings is 1. The van der Waals surface area contributed by atoms with Crippen LogP contribution < -0.4 is 14.9 Å². The number of nitrogens with zero attached hydrogens (tertiary/aromatic N) is 2. The summed E-state index contributed by atoms with van der Waals surface area (Å²) in [5, 5.41) is 3.97. The van der Waals surface area contributed by atoms with Crippen molar-refractivity contribution in [3.63, 3.8) is 0 Å². The van der Waals surface area contributed by atoms with Crippen LogP contribution in [0.5, 0.6) is 11.5 Å². The third-order valence-electron chi connectivity index (χ3n) is 4.66. The molecular formula is C22H25N3O4. The summed E-state index contributed by atoms with van der Waals surface area (Å²) in [7, 11) is 1.55. The van der Waals surface area contributed by atoms with Crippen LogP contribution in [0, 0.1) is 0 Å². The fourth-order valence-corrected chi connectivity index (χ4v) is 3.02. The van der Waals surface area contributed by atoms with Crippen molar-refractivity contribution in [1.82, 2.24) is 10.3 Å². The van der Waals surface area contributed by atoms with Crippen molar-refractivity contribution in [1.29, 1.82) is 0 Å². The molecule has 2 amide bonds. The van der Waals surface area contributed by atoms with E-state index in [9.17, 15) is 9.59 Å². The van der Waals surface area contributed by atoms with Crippen molar-refractivity contribution >= 4 is 18.0 Å². The SMILES string of the molecule is COc1cccc(C(=O)N/N=C/c2ccc(OCC(=O)N3CCCCC3)cc2)c1. The van der Waals surface area contributed by atoms with Crippen LogP contribution in [-0.4, -0.2) is 49.7 Å². The maximum Gasteiger partial charge on any atom is 0.271 e. The Bertz CT molecular complexity index is 859. The third kappa shape index (κ3) is 6.07. The van der Waals surface area contributed by atoms with Crippen molar-refractivity contribution in [2.75, 3.05) is 26.8 Å². The number of ether oxygens (including phenoxy) is 2. The average molecular weight is 395 g/mol. The molecule has 7 heteroatoms. The molecule has 0 atom stereocenters. The Hall–Kier alpha value is -3.35. The van der Waals surface area contributed by atoms with Gasteiger partial charge in [0.2, 0.25) is 0 Å². The van der Waals surface area contributed by atoms with Crippen LogP contribution >= 0.6 is 0 Å². The molecule has 1 aliphatic heterocycles. The van der Waals surface area contributed by atoms with Crippen LogP contribution in [0.4, 0.5) is 0 Å². The van der Waals surface area contributed by atoms with E-state index < -0.39 is 0 Å². The molecule has 7 nitrogen and oxygen atoms in total. The molecule has 152 valence electrons. The summed E-state index contributed by atoms with van der Waals surface area (Å²) in [5.41, 5.74) is 3.74. The summed E-state index contributed by atoms with van der Waals surface area (Å²) in [6, 6.07) is 14.0. The van der Waals surface area contributed by atoms with Gasteiger partial charge in [0.1, 0.15) is 11.5 Å². The minimum atomic E-state index is -0.323. The first-order valence-electron chi connectivity index (χ1n) is 9.64. The second kappa shape index (κ2) is 10.3. The number of carbonyl (C=O) groups excluding carboxylic acids is 2. The topological polar surface area (TPSA) is 80.2 Å². The molecule has 0 aliphatic carbocycles. The first-order chi connectivity index (χ1) is 14.2. The number of likely N-dealkylation sites (tertiary alicyclic amines) is 1. The van der Waals surface area contributed by atoms with Crippen molar-refractivity contribution in [2.24, 2.45) is 5.10 Å². The van der Waals surface area contributed by atoms with Gasteiger partial charge in [0.25, 0.3) is 11.8 Å². The van der Waals surface area contributed by atoms with Gasteiger partial charge in [0.05, 0.1) is 13.3 Å². The van der Waals surface area contributed by atoms with Crippen LogP contribution in [0.1, 0.15) is 35.2 Å². The molecule has 29 heavy (non-hydrogen) atoms. The van der Waals surface area contributed by atoms with Crippen LogP contribution in [0.3, 0.4) is 0 Å². The summed E-state index contributed by atoms with van der Waals surface area (Å²) in [4.78, 5) is 26.1. The van der Waals surface area contributed by atoms with E-state index in [-0.39, 0.29) is 18.4 Å². The fourth-order valence-electron chi connectivity index (χ4n) is 3.02. The van der Waals surface area contributed by atoms with Gasteiger partial charge in [-0.2, -0.15) is 5.10 Å². The van der Waals surface area contributed by atoms with Gasteiger partial charge in [-0.15, -0.1) is 0 Å². The smallest absolute Gasteiger partial charge is 0.271 e. The number of amides is 2. The molecule has 0 saturated carbocycles. The molecule has 1 aliphatic rings. The Labute approximate surface area is 170 Å². The second-order valence-corrected chi connectivity index (χ2v) is 6.73. The van der Waals surface area contributed by atoms with Crippen LogP contribution in [-0.2, 0) is 4.79 Å². The highest BCUT2D eigenvalue weighted by molar-refractivity contribution is 5.95. The van der Waals surface area contributed by atoms with Gasteiger partial charge >= 0.3 is 0 Å². The maximum atomic E-state index is 12.1. The number of hydrazone groups is 1. The maximum absolute atomic E-state index is 12.1. The van der Waals surface area contributed by atoms with E-state index in [4.69, 9.17) is 9.47 Å². The lowest BCUT2D eigenvalue weighted by molar-refractivity contribution is -0.134. The predicted octanol–water partition coefficient (Wildman–Crippen LogP) is 2.85. The van der Waals surface area contributed by atoms with Crippen LogP contribution in [0.25, 0.3) is 0 Å². The first-order valence-corrected chi connectivity index (χ1v) is 9.64. The Balaban J connectivity index is 1.47. The van der Waals surface area contributed by atoms with Crippen LogP contribution in [0.15, 0.2) is 53.6 Å². The lowest BCUT2D eigenvalue weighted by Crippen LogP contribution is -2.38.